The zero-order chi connectivity index (χ0) is 20.5. The molecule has 1 aromatic carbocycles. The van der Waals surface area contributed by atoms with Gasteiger partial charge in [0, 0.05) is 19.2 Å². The second-order valence-electron chi connectivity index (χ2n) is 7.77. The first-order valence-corrected chi connectivity index (χ1v) is 9.39. The van der Waals surface area contributed by atoms with Crippen molar-refractivity contribution in [2.75, 3.05) is 0 Å². The van der Waals surface area contributed by atoms with Gasteiger partial charge in [0.25, 0.3) is 5.69 Å². The van der Waals surface area contributed by atoms with Gasteiger partial charge in [0.15, 0.2) is 5.60 Å². The minimum Gasteiger partial charge on any atom is -0.421 e. The Labute approximate surface area is 163 Å². The van der Waals surface area contributed by atoms with Gasteiger partial charge >= 0.3 is 6.16 Å². The number of carbonyl (C=O) groups excluding carboxylic acids is 1. The maximum Gasteiger partial charge on any atom is 0.514 e. The molecule has 1 fully saturated rings. The average Bonchev–Trinajstić information content (AvgIpc) is 3.19. The van der Waals surface area contributed by atoms with Crippen LogP contribution < -0.4 is 4.74 Å². The van der Waals surface area contributed by atoms with Crippen molar-refractivity contribution < 1.29 is 19.2 Å². The highest BCUT2D eigenvalue weighted by Gasteiger charge is 2.47. The number of ether oxygens (including phenoxy) is 2. The number of nitro benzene ring substituents is 1. The van der Waals surface area contributed by atoms with E-state index in [1.807, 2.05) is 13.2 Å². The van der Waals surface area contributed by atoms with Crippen molar-refractivity contribution in [3.05, 3.63) is 51.8 Å². The van der Waals surface area contributed by atoms with Gasteiger partial charge < -0.3 is 9.47 Å². The van der Waals surface area contributed by atoms with E-state index in [1.165, 1.54) is 24.3 Å². The van der Waals surface area contributed by atoms with E-state index in [0.717, 1.165) is 17.7 Å². The van der Waals surface area contributed by atoms with Gasteiger partial charge in [-0.3, -0.25) is 14.8 Å². The van der Waals surface area contributed by atoms with E-state index in [-0.39, 0.29) is 17.4 Å². The van der Waals surface area contributed by atoms with Gasteiger partial charge in [-0.25, -0.2) is 4.79 Å². The van der Waals surface area contributed by atoms with Crippen molar-refractivity contribution in [1.82, 2.24) is 9.78 Å². The van der Waals surface area contributed by atoms with Crippen LogP contribution in [0.2, 0.25) is 0 Å². The molecular formula is C20H25N3O5. The standard InChI is InChI=1S/C20H25N3O5/c1-13(2)17-12-21-22(4)18(17)20(10-9-14(3)11-20)28-19(24)27-16-7-5-15(6-8-16)23(25)26/h5-8,12-14H,9-11H2,1-4H3. The van der Waals surface area contributed by atoms with Crippen LogP contribution in [-0.4, -0.2) is 20.9 Å². The Bertz CT molecular complexity index is 874. The van der Waals surface area contributed by atoms with E-state index in [9.17, 15) is 14.9 Å². The number of hydrogen-bond acceptors (Lipinski definition) is 6. The molecule has 2 atom stereocenters. The van der Waals surface area contributed by atoms with E-state index in [0.29, 0.717) is 18.8 Å². The molecule has 1 aliphatic carbocycles. The Balaban J connectivity index is 1.84. The van der Waals surface area contributed by atoms with Gasteiger partial charge in [0.1, 0.15) is 5.75 Å². The lowest BCUT2D eigenvalue weighted by atomic mass is 9.89. The number of non-ortho nitro benzene ring substituents is 1. The maximum absolute atomic E-state index is 12.6. The molecule has 8 heteroatoms. The lowest BCUT2D eigenvalue weighted by molar-refractivity contribution is -0.384. The molecule has 1 heterocycles. The first-order valence-electron chi connectivity index (χ1n) is 9.39. The van der Waals surface area contributed by atoms with Gasteiger partial charge in [-0.05, 0) is 48.8 Å². The molecular weight excluding hydrogens is 362 g/mol. The van der Waals surface area contributed by atoms with Crippen LogP contribution in [0.15, 0.2) is 30.5 Å². The molecule has 0 N–H and O–H groups in total. The highest BCUT2D eigenvalue weighted by atomic mass is 16.7. The van der Waals surface area contributed by atoms with Gasteiger partial charge in [-0.2, -0.15) is 5.10 Å². The third kappa shape index (κ3) is 3.85. The molecule has 8 nitrogen and oxygen atoms in total. The molecule has 0 spiro atoms. The third-order valence-electron chi connectivity index (χ3n) is 5.27. The second-order valence-corrected chi connectivity index (χ2v) is 7.77. The summed E-state index contributed by atoms with van der Waals surface area (Å²) < 4.78 is 13.0. The Hall–Kier alpha value is -2.90. The molecule has 0 saturated heterocycles. The normalized spacial score (nSPS) is 21.7. The fraction of sp³-hybridized carbons (Fsp3) is 0.500. The van der Waals surface area contributed by atoms with Crippen LogP contribution in [0, 0.1) is 16.0 Å². The van der Waals surface area contributed by atoms with E-state index < -0.39 is 16.7 Å². The monoisotopic (exact) mass is 387 g/mol. The number of benzene rings is 1. The minimum absolute atomic E-state index is 0.0711. The molecule has 2 unspecified atom stereocenters. The maximum atomic E-state index is 12.6. The predicted molar refractivity (Wildman–Crippen MR) is 102 cm³/mol. The van der Waals surface area contributed by atoms with Crippen LogP contribution in [0.5, 0.6) is 5.75 Å². The van der Waals surface area contributed by atoms with Gasteiger partial charge in [0.2, 0.25) is 0 Å². The molecule has 2 aromatic rings. The van der Waals surface area contributed by atoms with E-state index in [1.54, 1.807) is 4.68 Å². The molecule has 0 radical (unpaired) electrons. The smallest absolute Gasteiger partial charge is 0.421 e. The summed E-state index contributed by atoms with van der Waals surface area (Å²) in [6.45, 7) is 6.31. The summed E-state index contributed by atoms with van der Waals surface area (Å²) in [6, 6.07) is 5.34. The summed E-state index contributed by atoms with van der Waals surface area (Å²) in [5, 5.41) is 15.1. The summed E-state index contributed by atoms with van der Waals surface area (Å²) in [5.74, 6) is 0.846. The number of nitro groups is 1. The zero-order valence-corrected chi connectivity index (χ0v) is 16.5. The van der Waals surface area contributed by atoms with Crippen molar-refractivity contribution >= 4 is 11.8 Å². The van der Waals surface area contributed by atoms with Crippen molar-refractivity contribution in [1.29, 1.82) is 0 Å². The molecule has 1 aromatic heterocycles. The first-order chi connectivity index (χ1) is 13.2. The molecule has 28 heavy (non-hydrogen) atoms. The van der Waals surface area contributed by atoms with Crippen molar-refractivity contribution in [2.24, 2.45) is 13.0 Å². The molecule has 0 aliphatic heterocycles. The van der Waals surface area contributed by atoms with Crippen LogP contribution >= 0.6 is 0 Å². The number of aromatic nitrogens is 2. The quantitative estimate of drug-likeness (QED) is 0.320. The first kappa shape index (κ1) is 19.9. The lowest BCUT2D eigenvalue weighted by Crippen LogP contribution is -2.34. The Morgan fingerprint density at radius 3 is 2.57 bits per heavy atom. The van der Waals surface area contributed by atoms with Gasteiger partial charge in [-0.1, -0.05) is 20.8 Å². The molecule has 3 rings (SSSR count). The molecule has 0 amide bonds. The summed E-state index contributed by atoms with van der Waals surface area (Å²) in [7, 11) is 1.86. The van der Waals surface area contributed by atoms with E-state index >= 15 is 0 Å². The SMILES string of the molecule is CC1CCC(OC(=O)Oc2ccc([N+](=O)[O-])cc2)(c2c(C(C)C)cnn2C)C1. The van der Waals surface area contributed by atoms with Crippen molar-refractivity contribution in [2.45, 2.75) is 51.6 Å². The van der Waals surface area contributed by atoms with Crippen LogP contribution in [0.3, 0.4) is 0 Å². The predicted octanol–water partition coefficient (Wildman–Crippen LogP) is 4.68. The van der Waals surface area contributed by atoms with Crippen LogP contribution in [0.4, 0.5) is 10.5 Å². The summed E-state index contributed by atoms with van der Waals surface area (Å²) in [5.41, 5.74) is 1.10. The number of rotatable bonds is 5. The largest absolute Gasteiger partial charge is 0.514 e. The lowest BCUT2D eigenvalue weighted by Gasteiger charge is -2.31. The van der Waals surface area contributed by atoms with Crippen LogP contribution in [-0.2, 0) is 17.4 Å². The number of nitrogens with zero attached hydrogens (tertiary/aromatic N) is 3. The highest BCUT2D eigenvalue weighted by molar-refractivity contribution is 5.65. The number of hydrogen-bond donors (Lipinski definition) is 0. The van der Waals surface area contributed by atoms with Crippen LogP contribution in [0.1, 0.15) is 57.2 Å². The van der Waals surface area contributed by atoms with Crippen LogP contribution in [0.25, 0.3) is 0 Å². The third-order valence-corrected chi connectivity index (χ3v) is 5.27. The minimum atomic E-state index is -0.821. The Morgan fingerprint density at radius 2 is 2.04 bits per heavy atom. The zero-order valence-electron chi connectivity index (χ0n) is 16.5. The van der Waals surface area contributed by atoms with Gasteiger partial charge in [-0.15, -0.1) is 0 Å². The van der Waals surface area contributed by atoms with Crippen molar-refractivity contribution in [3.63, 3.8) is 0 Å². The molecule has 1 saturated carbocycles. The molecule has 150 valence electrons. The van der Waals surface area contributed by atoms with Crippen molar-refractivity contribution in [3.8, 4) is 5.75 Å². The average molecular weight is 387 g/mol. The number of aryl methyl sites for hydroxylation is 1. The highest BCUT2D eigenvalue weighted by Crippen LogP contribution is 2.47. The summed E-state index contributed by atoms with van der Waals surface area (Å²) in [6.07, 6.45) is 3.34. The second kappa shape index (κ2) is 7.61. The molecule has 0 bridgehead atoms. The topological polar surface area (TPSA) is 96.5 Å². The fourth-order valence-corrected chi connectivity index (χ4v) is 3.95. The fourth-order valence-electron chi connectivity index (χ4n) is 3.95. The number of carbonyl (C=O) groups is 1. The Morgan fingerprint density at radius 1 is 1.36 bits per heavy atom. The van der Waals surface area contributed by atoms with Gasteiger partial charge in [0.05, 0.1) is 16.8 Å². The molecule has 1 aliphatic rings. The van der Waals surface area contributed by atoms with E-state index in [2.05, 4.69) is 25.9 Å². The summed E-state index contributed by atoms with van der Waals surface area (Å²) in [4.78, 5) is 22.8. The summed E-state index contributed by atoms with van der Waals surface area (Å²) >= 11 is 0. The van der Waals surface area contributed by atoms with E-state index in [4.69, 9.17) is 9.47 Å². The Kier molecular flexibility index (Phi) is 5.40.